The van der Waals surface area contributed by atoms with Gasteiger partial charge < -0.3 is 4.90 Å². The SMILES string of the molecule is CCN(N)C(=O)N1CCCCC1. The van der Waals surface area contributed by atoms with Crippen LogP contribution in [0.5, 0.6) is 0 Å². The van der Waals surface area contributed by atoms with Crippen molar-refractivity contribution in [2.24, 2.45) is 5.84 Å². The number of amides is 2. The molecule has 1 aliphatic heterocycles. The molecule has 0 spiro atoms. The molecule has 1 heterocycles. The van der Waals surface area contributed by atoms with Crippen LogP contribution in [0.25, 0.3) is 0 Å². The number of hydrogen-bond donors (Lipinski definition) is 1. The quantitative estimate of drug-likeness (QED) is 0.360. The highest BCUT2D eigenvalue weighted by atomic mass is 16.2. The Morgan fingerprint density at radius 2 is 2.00 bits per heavy atom. The smallest absolute Gasteiger partial charge is 0.324 e. The maximum absolute atomic E-state index is 11.5. The van der Waals surface area contributed by atoms with Gasteiger partial charge in [0.15, 0.2) is 0 Å². The molecule has 1 fully saturated rings. The fraction of sp³-hybridized carbons (Fsp3) is 0.875. The van der Waals surface area contributed by atoms with Crippen molar-refractivity contribution in [2.75, 3.05) is 19.6 Å². The Balaban J connectivity index is 2.39. The van der Waals surface area contributed by atoms with Crippen LogP contribution in [-0.4, -0.2) is 35.6 Å². The van der Waals surface area contributed by atoms with Crippen molar-refractivity contribution in [1.82, 2.24) is 9.91 Å². The molecule has 0 aliphatic carbocycles. The first-order valence-corrected chi connectivity index (χ1v) is 4.57. The predicted molar refractivity (Wildman–Crippen MR) is 47.4 cm³/mol. The largest absolute Gasteiger partial charge is 0.334 e. The van der Waals surface area contributed by atoms with Gasteiger partial charge in [-0.25, -0.2) is 10.6 Å². The highest BCUT2D eigenvalue weighted by Gasteiger charge is 2.18. The van der Waals surface area contributed by atoms with Gasteiger partial charge in [0.05, 0.1) is 0 Å². The number of hydrogen-bond acceptors (Lipinski definition) is 2. The molecule has 0 bridgehead atoms. The Labute approximate surface area is 73.3 Å². The second kappa shape index (κ2) is 4.30. The van der Waals surface area contributed by atoms with Gasteiger partial charge in [0.25, 0.3) is 0 Å². The third-order valence-corrected chi connectivity index (χ3v) is 2.21. The minimum atomic E-state index is -0.0304. The summed E-state index contributed by atoms with van der Waals surface area (Å²) in [4.78, 5) is 13.3. The van der Waals surface area contributed by atoms with Gasteiger partial charge in [-0.2, -0.15) is 0 Å². The summed E-state index contributed by atoms with van der Waals surface area (Å²) >= 11 is 0. The number of nitrogens with two attached hydrogens (primary N) is 1. The van der Waals surface area contributed by atoms with Gasteiger partial charge in [0, 0.05) is 19.6 Å². The molecule has 70 valence electrons. The van der Waals surface area contributed by atoms with Gasteiger partial charge in [-0.1, -0.05) is 0 Å². The minimum Gasteiger partial charge on any atom is -0.324 e. The average Bonchev–Trinajstić information content (AvgIpc) is 2.17. The summed E-state index contributed by atoms with van der Waals surface area (Å²) in [6.07, 6.45) is 3.47. The molecule has 2 N–H and O–H groups in total. The molecule has 4 nitrogen and oxygen atoms in total. The van der Waals surface area contributed by atoms with Crippen molar-refractivity contribution in [1.29, 1.82) is 0 Å². The first-order valence-electron chi connectivity index (χ1n) is 4.57. The molecule has 0 aromatic carbocycles. The molecule has 1 saturated heterocycles. The third kappa shape index (κ3) is 2.11. The summed E-state index contributed by atoms with van der Waals surface area (Å²) < 4.78 is 0. The van der Waals surface area contributed by atoms with Gasteiger partial charge in [0.1, 0.15) is 0 Å². The number of urea groups is 1. The lowest BCUT2D eigenvalue weighted by Gasteiger charge is -2.29. The third-order valence-electron chi connectivity index (χ3n) is 2.21. The predicted octanol–water partition coefficient (Wildman–Crippen LogP) is 0.788. The molecule has 0 unspecified atom stereocenters. The van der Waals surface area contributed by atoms with Crippen LogP contribution in [0.3, 0.4) is 0 Å². The molecule has 4 heteroatoms. The number of nitrogens with zero attached hydrogens (tertiary/aromatic N) is 2. The fourth-order valence-corrected chi connectivity index (χ4v) is 1.40. The number of carbonyl (C=O) groups excluding carboxylic acids is 1. The Hall–Kier alpha value is -0.770. The van der Waals surface area contributed by atoms with Crippen molar-refractivity contribution in [3.63, 3.8) is 0 Å². The van der Waals surface area contributed by atoms with E-state index in [0.29, 0.717) is 6.54 Å². The first kappa shape index (κ1) is 9.32. The van der Waals surface area contributed by atoms with E-state index in [1.807, 2.05) is 11.8 Å². The summed E-state index contributed by atoms with van der Waals surface area (Å²) in [5, 5.41) is 1.27. The lowest BCUT2D eigenvalue weighted by molar-refractivity contribution is 0.146. The van der Waals surface area contributed by atoms with E-state index in [9.17, 15) is 4.79 Å². The molecule has 0 saturated carbocycles. The van der Waals surface area contributed by atoms with Crippen LogP contribution < -0.4 is 5.84 Å². The van der Waals surface area contributed by atoms with Crippen molar-refractivity contribution in [3.8, 4) is 0 Å². The van der Waals surface area contributed by atoms with Gasteiger partial charge in [-0.15, -0.1) is 0 Å². The Morgan fingerprint density at radius 1 is 1.42 bits per heavy atom. The molecule has 2 amide bonds. The van der Waals surface area contributed by atoms with Crippen LogP contribution in [0, 0.1) is 0 Å². The summed E-state index contributed by atoms with van der Waals surface area (Å²) in [6, 6.07) is -0.0304. The van der Waals surface area contributed by atoms with Gasteiger partial charge in [0.2, 0.25) is 0 Å². The zero-order valence-corrected chi connectivity index (χ0v) is 7.62. The van der Waals surface area contributed by atoms with E-state index in [0.717, 1.165) is 25.9 Å². The second-order valence-electron chi connectivity index (χ2n) is 3.12. The lowest BCUT2D eigenvalue weighted by Crippen LogP contribution is -2.48. The van der Waals surface area contributed by atoms with Crippen LogP contribution in [0.2, 0.25) is 0 Å². The Kier molecular flexibility index (Phi) is 3.34. The average molecular weight is 171 g/mol. The van der Waals surface area contributed by atoms with Crippen LogP contribution in [-0.2, 0) is 0 Å². The van der Waals surface area contributed by atoms with E-state index in [2.05, 4.69) is 0 Å². The van der Waals surface area contributed by atoms with E-state index >= 15 is 0 Å². The summed E-state index contributed by atoms with van der Waals surface area (Å²) in [5.74, 6) is 5.49. The molecular formula is C8H17N3O. The highest BCUT2D eigenvalue weighted by molar-refractivity contribution is 5.73. The Bertz CT molecular complexity index is 154. The maximum atomic E-state index is 11.5. The van der Waals surface area contributed by atoms with Gasteiger partial charge >= 0.3 is 6.03 Å². The summed E-state index contributed by atoms with van der Waals surface area (Å²) in [7, 11) is 0. The summed E-state index contributed by atoms with van der Waals surface area (Å²) in [5.41, 5.74) is 0. The summed E-state index contributed by atoms with van der Waals surface area (Å²) in [6.45, 7) is 4.19. The molecular weight excluding hydrogens is 154 g/mol. The zero-order chi connectivity index (χ0) is 8.97. The first-order chi connectivity index (χ1) is 5.75. The lowest BCUT2D eigenvalue weighted by atomic mass is 10.1. The fourth-order valence-electron chi connectivity index (χ4n) is 1.40. The number of piperidine rings is 1. The molecule has 0 radical (unpaired) electrons. The number of likely N-dealkylation sites (tertiary alicyclic amines) is 1. The molecule has 0 atom stereocenters. The van der Waals surface area contributed by atoms with E-state index in [1.165, 1.54) is 11.4 Å². The normalized spacial score (nSPS) is 17.7. The van der Waals surface area contributed by atoms with Crippen molar-refractivity contribution < 1.29 is 4.79 Å². The van der Waals surface area contributed by atoms with E-state index in [1.54, 1.807) is 0 Å². The Morgan fingerprint density at radius 3 is 2.50 bits per heavy atom. The second-order valence-corrected chi connectivity index (χ2v) is 3.12. The van der Waals surface area contributed by atoms with Crippen LogP contribution in [0.4, 0.5) is 4.79 Å². The van der Waals surface area contributed by atoms with E-state index < -0.39 is 0 Å². The number of rotatable bonds is 1. The van der Waals surface area contributed by atoms with E-state index in [-0.39, 0.29) is 6.03 Å². The standard InChI is InChI=1S/C8H17N3O/c1-2-11(9)8(12)10-6-4-3-5-7-10/h2-7,9H2,1H3. The maximum Gasteiger partial charge on any atom is 0.334 e. The molecule has 1 aliphatic rings. The molecule has 1 rings (SSSR count). The van der Waals surface area contributed by atoms with Crippen molar-refractivity contribution >= 4 is 6.03 Å². The molecule has 12 heavy (non-hydrogen) atoms. The number of hydrazine groups is 1. The molecule has 0 aromatic rings. The highest BCUT2D eigenvalue weighted by Crippen LogP contribution is 2.09. The van der Waals surface area contributed by atoms with E-state index in [4.69, 9.17) is 5.84 Å². The van der Waals surface area contributed by atoms with Crippen molar-refractivity contribution in [3.05, 3.63) is 0 Å². The van der Waals surface area contributed by atoms with Crippen LogP contribution in [0.1, 0.15) is 26.2 Å². The zero-order valence-electron chi connectivity index (χ0n) is 7.62. The molecule has 0 aromatic heterocycles. The number of carbonyl (C=O) groups is 1. The monoisotopic (exact) mass is 171 g/mol. The van der Waals surface area contributed by atoms with Crippen LogP contribution in [0.15, 0.2) is 0 Å². The van der Waals surface area contributed by atoms with Gasteiger partial charge in [-0.3, -0.25) is 5.01 Å². The van der Waals surface area contributed by atoms with Gasteiger partial charge in [-0.05, 0) is 26.2 Å². The topological polar surface area (TPSA) is 49.6 Å². The van der Waals surface area contributed by atoms with Crippen LogP contribution >= 0.6 is 0 Å². The minimum absolute atomic E-state index is 0.0304. The van der Waals surface area contributed by atoms with Crippen molar-refractivity contribution in [2.45, 2.75) is 26.2 Å².